The Bertz CT molecular complexity index is 600. The third kappa shape index (κ3) is 3.64. The van der Waals surface area contributed by atoms with E-state index in [1.807, 2.05) is 12.1 Å². The molecule has 1 saturated carbocycles. The molecular weight excluding hydrogens is 320 g/mol. The molecule has 1 aliphatic heterocycles. The molecule has 1 aromatic rings. The van der Waals surface area contributed by atoms with Gasteiger partial charge in [0.2, 0.25) is 0 Å². The summed E-state index contributed by atoms with van der Waals surface area (Å²) < 4.78 is 22.4. The van der Waals surface area contributed by atoms with Crippen molar-refractivity contribution >= 4 is 0 Å². The Labute approximate surface area is 150 Å². The zero-order chi connectivity index (χ0) is 18.1. The molecule has 0 amide bonds. The van der Waals surface area contributed by atoms with Gasteiger partial charge in [0.15, 0.2) is 6.79 Å². The van der Waals surface area contributed by atoms with Gasteiger partial charge < -0.3 is 24.1 Å². The Kier molecular flexibility index (Phi) is 5.28. The second-order valence-corrected chi connectivity index (χ2v) is 7.98. The molecule has 3 atom stereocenters. The van der Waals surface area contributed by atoms with Crippen LogP contribution in [0, 0.1) is 11.3 Å². The Hall–Kier alpha value is -1.30. The summed E-state index contributed by atoms with van der Waals surface area (Å²) in [7, 11) is 1.64. The van der Waals surface area contributed by atoms with Crippen molar-refractivity contribution in [3.63, 3.8) is 0 Å². The Morgan fingerprint density at radius 1 is 1.24 bits per heavy atom. The SMILES string of the molecule is COCCOCOc1ccc2c(c1)O[C@]1(C)CC[C@@H](O)C(C)(C)[C@H]1C2. The van der Waals surface area contributed by atoms with Crippen LogP contribution in [0.2, 0.25) is 0 Å². The average Bonchev–Trinajstić information content (AvgIpc) is 2.57. The van der Waals surface area contributed by atoms with Crippen LogP contribution >= 0.6 is 0 Å². The standard InChI is InChI=1S/C20H30O5/c1-19(2)17-11-14-5-6-15(24-13-23-10-9-22-4)12-16(14)25-20(17,3)8-7-18(19)21/h5-6,12,17-18,21H,7-11,13H2,1-4H3/t17-,18-,20-/m1/s1. The molecule has 1 N–H and O–H groups in total. The van der Waals surface area contributed by atoms with E-state index in [1.165, 1.54) is 5.56 Å². The first-order chi connectivity index (χ1) is 11.9. The van der Waals surface area contributed by atoms with E-state index in [0.29, 0.717) is 19.1 Å². The van der Waals surface area contributed by atoms with Gasteiger partial charge in [-0.25, -0.2) is 0 Å². The molecule has 0 spiro atoms. The normalized spacial score (nSPS) is 30.1. The average molecular weight is 350 g/mol. The fraction of sp³-hybridized carbons (Fsp3) is 0.700. The minimum absolute atomic E-state index is 0.158. The van der Waals surface area contributed by atoms with E-state index in [0.717, 1.165) is 30.8 Å². The summed E-state index contributed by atoms with van der Waals surface area (Å²) in [6, 6.07) is 5.97. The molecular formula is C20H30O5. The van der Waals surface area contributed by atoms with Crippen LogP contribution in [0.5, 0.6) is 11.5 Å². The van der Waals surface area contributed by atoms with E-state index in [9.17, 15) is 5.11 Å². The molecule has 1 fully saturated rings. The second-order valence-electron chi connectivity index (χ2n) is 7.98. The van der Waals surface area contributed by atoms with E-state index in [-0.39, 0.29) is 23.9 Å². The first-order valence-corrected chi connectivity index (χ1v) is 9.06. The van der Waals surface area contributed by atoms with E-state index in [1.54, 1.807) is 7.11 Å². The molecule has 5 nitrogen and oxygen atoms in total. The molecule has 0 bridgehead atoms. The van der Waals surface area contributed by atoms with E-state index in [4.69, 9.17) is 18.9 Å². The highest BCUT2D eigenvalue weighted by molar-refractivity contribution is 5.43. The molecule has 1 aromatic carbocycles. The van der Waals surface area contributed by atoms with Crippen LogP contribution in [0.3, 0.4) is 0 Å². The predicted molar refractivity (Wildman–Crippen MR) is 95.0 cm³/mol. The van der Waals surface area contributed by atoms with E-state index < -0.39 is 0 Å². The molecule has 0 aromatic heterocycles. The number of rotatable bonds is 6. The van der Waals surface area contributed by atoms with Gasteiger partial charge in [0.1, 0.15) is 17.1 Å². The van der Waals surface area contributed by atoms with Crippen LogP contribution in [0.15, 0.2) is 18.2 Å². The summed E-state index contributed by atoms with van der Waals surface area (Å²) in [6.07, 6.45) is 2.29. The van der Waals surface area contributed by atoms with Gasteiger partial charge in [-0.2, -0.15) is 0 Å². The lowest BCUT2D eigenvalue weighted by Crippen LogP contribution is -2.58. The van der Waals surface area contributed by atoms with Crippen molar-refractivity contribution in [2.24, 2.45) is 11.3 Å². The van der Waals surface area contributed by atoms with Crippen LogP contribution in [0.25, 0.3) is 0 Å². The Morgan fingerprint density at radius 2 is 2.04 bits per heavy atom. The lowest BCUT2D eigenvalue weighted by atomic mass is 9.58. The molecule has 3 rings (SSSR count). The van der Waals surface area contributed by atoms with Gasteiger partial charge in [-0.1, -0.05) is 19.9 Å². The predicted octanol–water partition coefficient (Wildman–Crippen LogP) is 3.18. The summed E-state index contributed by atoms with van der Waals surface area (Å²) in [6.45, 7) is 7.75. The van der Waals surface area contributed by atoms with Gasteiger partial charge in [-0.3, -0.25) is 0 Å². The number of hydrogen-bond acceptors (Lipinski definition) is 5. The third-order valence-electron chi connectivity index (χ3n) is 5.95. The third-order valence-corrected chi connectivity index (χ3v) is 5.95. The Balaban J connectivity index is 1.71. The van der Waals surface area contributed by atoms with Crippen LogP contribution in [0.1, 0.15) is 39.2 Å². The fourth-order valence-electron chi connectivity index (χ4n) is 4.26. The molecule has 0 radical (unpaired) electrons. The highest BCUT2D eigenvalue weighted by Gasteiger charge is 2.54. The lowest BCUT2D eigenvalue weighted by molar-refractivity contribution is -0.137. The maximum absolute atomic E-state index is 10.4. The number of ether oxygens (including phenoxy) is 4. The molecule has 1 aliphatic carbocycles. The molecule has 1 heterocycles. The minimum Gasteiger partial charge on any atom is -0.487 e. The Morgan fingerprint density at radius 3 is 2.80 bits per heavy atom. The molecule has 140 valence electrons. The summed E-state index contributed by atoms with van der Waals surface area (Å²) in [5, 5.41) is 10.4. The topological polar surface area (TPSA) is 57.2 Å². The minimum atomic E-state index is -0.275. The molecule has 5 heteroatoms. The van der Waals surface area contributed by atoms with Gasteiger partial charge >= 0.3 is 0 Å². The van der Waals surface area contributed by atoms with Crippen molar-refractivity contribution in [3.05, 3.63) is 23.8 Å². The van der Waals surface area contributed by atoms with Gasteiger partial charge in [0.05, 0.1) is 19.3 Å². The van der Waals surface area contributed by atoms with Crippen molar-refractivity contribution in [1.29, 1.82) is 0 Å². The van der Waals surface area contributed by atoms with Crippen molar-refractivity contribution in [2.45, 2.75) is 51.7 Å². The quantitative estimate of drug-likeness (QED) is 0.631. The largest absolute Gasteiger partial charge is 0.487 e. The van der Waals surface area contributed by atoms with Crippen LogP contribution in [-0.4, -0.2) is 43.9 Å². The summed E-state index contributed by atoms with van der Waals surface area (Å²) >= 11 is 0. The zero-order valence-corrected chi connectivity index (χ0v) is 15.7. The van der Waals surface area contributed by atoms with Crippen LogP contribution in [0.4, 0.5) is 0 Å². The van der Waals surface area contributed by atoms with Crippen molar-refractivity contribution in [3.8, 4) is 11.5 Å². The van der Waals surface area contributed by atoms with Crippen molar-refractivity contribution in [1.82, 2.24) is 0 Å². The zero-order valence-electron chi connectivity index (χ0n) is 15.7. The number of hydrogen-bond donors (Lipinski definition) is 1. The van der Waals surface area contributed by atoms with E-state index >= 15 is 0 Å². The molecule has 0 saturated heterocycles. The number of methoxy groups -OCH3 is 1. The second kappa shape index (κ2) is 7.14. The first kappa shape index (κ1) is 18.5. The molecule has 0 unspecified atom stereocenters. The maximum Gasteiger partial charge on any atom is 0.189 e. The van der Waals surface area contributed by atoms with Gasteiger partial charge in [0, 0.05) is 19.1 Å². The van der Waals surface area contributed by atoms with Crippen LogP contribution in [-0.2, 0) is 15.9 Å². The fourth-order valence-corrected chi connectivity index (χ4v) is 4.26. The maximum atomic E-state index is 10.4. The highest BCUT2D eigenvalue weighted by atomic mass is 16.7. The van der Waals surface area contributed by atoms with Crippen molar-refractivity contribution in [2.75, 3.05) is 27.1 Å². The van der Waals surface area contributed by atoms with E-state index in [2.05, 4.69) is 26.8 Å². The van der Waals surface area contributed by atoms with Crippen molar-refractivity contribution < 1.29 is 24.1 Å². The van der Waals surface area contributed by atoms with Gasteiger partial charge in [-0.05, 0) is 43.2 Å². The number of fused-ring (bicyclic) bond motifs is 2. The van der Waals surface area contributed by atoms with Crippen LogP contribution < -0.4 is 9.47 Å². The molecule has 2 aliphatic rings. The molecule has 25 heavy (non-hydrogen) atoms. The summed E-state index contributed by atoms with van der Waals surface area (Å²) in [4.78, 5) is 0. The summed E-state index contributed by atoms with van der Waals surface area (Å²) in [5.41, 5.74) is 0.774. The lowest BCUT2D eigenvalue weighted by Gasteiger charge is -2.55. The van der Waals surface area contributed by atoms with Gasteiger partial charge in [0.25, 0.3) is 0 Å². The van der Waals surface area contributed by atoms with Gasteiger partial charge in [-0.15, -0.1) is 0 Å². The monoisotopic (exact) mass is 350 g/mol. The first-order valence-electron chi connectivity index (χ1n) is 9.06. The highest BCUT2D eigenvalue weighted by Crippen LogP contribution is 2.53. The number of aliphatic hydroxyl groups is 1. The number of benzene rings is 1. The summed E-state index contributed by atoms with van der Waals surface area (Å²) in [5.74, 6) is 1.93. The smallest absolute Gasteiger partial charge is 0.189 e. The number of aliphatic hydroxyl groups excluding tert-OH is 1.